The largest absolute Gasteiger partial charge is 0.512 e. The predicted molar refractivity (Wildman–Crippen MR) is 130 cm³/mol. The van der Waals surface area contributed by atoms with Crippen LogP contribution in [0.2, 0.25) is 0 Å². The van der Waals surface area contributed by atoms with E-state index in [4.69, 9.17) is 4.74 Å². The highest BCUT2D eigenvalue weighted by Crippen LogP contribution is 2.46. The molecule has 4 aliphatic rings. The second kappa shape index (κ2) is 9.24. The van der Waals surface area contributed by atoms with E-state index in [1.54, 1.807) is 11.2 Å². The smallest absolute Gasteiger partial charge is 0.338 e. The molecular weight excluding hydrogens is 430 g/mol. The van der Waals surface area contributed by atoms with Gasteiger partial charge in [0.25, 0.3) is 0 Å². The van der Waals surface area contributed by atoms with Gasteiger partial charge in [-0.3, -0.25) is 10.4 Å². The predicted octanol–water partition coefficient (Wildman–Crippen LogP) is 4.15. The first-order valence-corrected chi connectivity index (χ1v) is 12.4. The molecule has 2 atom stereocenters. The monoisotopic (exact) mass is 463 g/mol. The number of aliphatic hydroxyl groups excluding tert-OH is 1. The third-order valence-corrected chi connectivity index (χ3v) is 7.43. The normalized spacial score (nSPS) is 26.8. The van der Waals surface area contributed by atoms with Crippen molar-refractivity contribution in [2.45, 2.75) is 83.5 Å². The van der Waals surface area contributed by atoms with E-state index in [9.17, 15) is 9.90 Å². The molecule has 4 heterocycles. The summed E-state index contributed by atoms with van der Waals surface area (Å²) >= 11 is 0. The zero-order valence-electron chi connectivity index (χ0n) is 20.0. The molecule has 0 radical (unpaired) electrons. The summed E-state index contributed by atoms with van der Waals surface area (Å²) in [6.45, 7) is 4.09. The lowest BCUT2D eigenvalue weighted by Crippen LogP contribution is -2.46. The summed E-state index contributed by atoms with van der Waals surface area (Å²) in [7, 11) is 0. The Morgan fingerprint density at radius 2 is 2.15 bits per heavy atom. The molecule has 1 aromatic rings. The van der Waals surface area contributed by atoms with Gasteiger partial charge in [0.1, 0.15) is 17.2 Å². The Morgan fingerprint density at radius 1 is 1.32 bits per heavy atom. The van der Waals surface area contributed by atoms with E-state index in [0.717, 1.165) is 49.8 Å². The van der Waals surface area contributed by atoms with Crippen LogP contribution in [-0.2, 0) is 22.4 Å². The number of hydrogen-bond acceptors (Lipinski definition) is 8. The van der Waals surface area contributed by atoms with E-state index >= 15 is 0 Å². The average Bonchev–Trinajstić information content (AvgIpc) is 3.50. The van der Waals surface area contributed by atoms with Gasteiger partial charge in [0.2, 0.25) is 6.29 Å². The minimum absolute atomic E-state index is 0.128. The Morgan fingerprint density at radius 3 is 2.91 bits per heavy atom. The molecule has 180 valence electrons. The average molecular weight is 464 g/mol. The fourth-order valence-electron chi connectivity index (χ4n) is 5.54. The standard InChI is InChI=1S/C26H33N5O3/c1-3-18-9-11-27-20(12-18)8-10-26(19-6-4-5-7-19)14-22(32)21(24(33)34-26)13-23-29-25-28-15-17(2)16-31(25)30-23/h9,11-12,15-16,19,25,32H,3-8,10,13-14H2,1-2H3,(H,29,30). The maximum Gasteiger partial charge on any atom is 0.338 e. The second-order valence-electron chi connectivity index (χ2n) is 9.82. The number of hydrogen-bond donors (Lipinski definition) is 2. The van der Waals surface area contributed by atoms with Crippen LogP contribution >= 0.6 is 0 Å². The van der Waals surface area contributed by atoms with Crippen LogP contribution in [0.25, 0.3) is 0 Å². The number of amidine groups is 1. The molecule has 1 fully saturated rings. The van der Waals surface area contributed by atoms with E-state index in [0.29, 0.717) is 18.7 Å². The lowest BCUT2D eigenvalue weighted by molar-refractivity contribution is -0.167. The molecule has 0 aromatic carbocycles. The number of aromatic nitrogens is 1. The third kappa shape index (κ3) is 4.45. The molecule has 34 heavy (non-hydrogen) atoms. The van der Waals surface area contributed by atoms with Crippen molar-refractivity contribution in [2.24, 2.45) is 15.9 Å². The maximum absolute atomic E-state index is 13.2. The zero-order valence-corrected chi connectivity index (χ0v) is 20.0. The molecule has 8 heteroatoms. The van der Waals surface area contributed by atoms with Gasteiger partial charge >= 0.3 is 5.97 Å². The van der Waals surface area contributed by atoms with Gasteiger partial charge in [0, 0.05) is 37.1 Å². The number of aryl methyl sites for hydroxylation is 2. The third-order valence-electron chi connectivity index (χ3n) is 7.43. The van der Waals surface area contributed by atoms with Gasteiger partial charge in [-0.25, -0.2) is 19.8 Å². The van der Waals surface area contributed by atoms with E-state index in [2.05, 4.69) is 33.4 Å². The van der Waals surface area contributed by atoms with Crippen molar-refractivity contribution in [2.75, 3.05) is 0 Å². The molecule has 8 nitrogen and oxygen atoms in total. The summed E-state index contributed by atoms with van der Waals surface area (Å²) in [5.74, 6) is 0.548. The van der Waals surface area contributed by atoms with Crippen LogP contribution in [0.5, 0.6) is 0 Å². The minimum Gasteiger partial charge on any atom is -0.512 e. The van der Waals surface area contributed by atoms with E-state index in [1.165, 1.54) is 5.56 Å². The Labute approximate surface area is 200 Å². The summed E-state index contributed by atoms with van der Waals surface area (Å²) in [4.78, 5) is 26.7. The number of rotatable bonds is 7. The first-order valence-electron chi connectivity index (χ1n) is 12.4. The number of aliphatic hydroxyl groups is 1. The van der Waals surface area contributed by atoms with Crippen molar-refractivity contribution in [3.8, 4) is 0 Å². The number of carbonyl (C=O) groups is 1. The van der Waals surface area contributed by atoms with Crippen molar-refractivity contribution in [1.29, 1.82) is 0 Å². The number of carbonyl (C=O) groups excluding carboxylic acids is 1. The molecule has 0 saturated heterocycles. The molecule has 1 aliphatic carbocycles. The van der Waals surface area contributed by atoms with Gasteiger partial charge in [0.15, 0.2) is 0 Å². The van der Waals surface area contributed by atoms with Crippen LogP contribution < -0.4 is 5.43 Å². The topological polar surface area (TPSA) is 99.4 Å². The van der Waals surface area contributed by atoms with Crippen molar-refractivity contribution >= 4 is 18.0 Å². The van der Waals surface area contributed by atoms with E-state index in [-0.39, 0.29) is 30.0 Å². The summed E-state index contributed by atoms with van der Waals surface area (Å²) < 4.78 is 6.24. The van der Waals surface area contributed by atoms with Crippen LogP contribution in [0.1, 0.15) is 70.1 Å². The number of pyridine rings is 1. The number of cyclic esters (lactones) is 1. The van der Waals surface area contributed by atoms with Gasteiger partial charge in [-0.05, 0) is 68.2 Å². The highest BCUT2D eigenvalue weighted by Gasteiger charge is 2.48. The fraction of sp³-hybridized carbons (Fsp3) is 0.538. The van der Waals surface area contributed by atoms with Gasteiger partial charge in [-0.15, -0.1) is 0 Å². The van der Waals surface area contributed by atoms with Crippen molar-refractivity contribution < 1.29 is 14.6 Å². The summed E-state index contributed by atoms with van der Waals surface area (Å²) in [5, 5.41) is 12.9. The minimum atomic E-state index is -0.683. The maximum atomic E-state index is 13.2. The highest BCUT2D eigenvalue weighted by molar-refractivity contribution is 5.98. The summed E-state index contributed by atoms with van der Waals surface area (Å²) in [5.41, 5.74) is 6.05. The van der Waals surface area contributed by atoms with Gasteiger partial charge in [-0.1, -0.05) is 19.8 Å². The van der Waals surface area contributed by atoms with Crippen molar-refractivity contribution in [3.63, 3.8) is 0 Å². The van der Waals surface area contributed by atoms with Crippen molar-refractivity contribution in [3.05, 3.63) is 52.7 Å². The number of allylic oxidation sites excluding steroid dienone is 1. The molecule has 2 N–H and O–H groups in total. The van der Waals surface area contributed by atoms with Crippen LogP contribution in [0.4, 0.5) is 0 Å². The first-order chi connectivity index (χ1) is 16.5. The van der Waals surface area contributed by atoms with Crippen molar-refractivity contribution in [1.82, 2.24) is 15.4 Å². The molecule has 2 unspecified atom stereocenters. The van der Waals surface area contributed by atoms with E-state index in [1.807, 2.05) is 25.4 Å². The number of hydrazine groups is 1. The molecule has 5 rings (SSSR count). The van der Waals surface area contributed by atoms with E-state index < -0.39 is 11.6 Å². The quantitative estimate of drug-likeness (QED) is 0.590. The lowest BCUT2D eigenvalue weighted by atomic mass is 9.76. The molecule has 3 aliphatic heterocycles. The number of nitrogens with zero attached hydrogens (tertiary/aromatic N) is 4. The number of ether oxygens (including phenoxy) is 1. The summed E-state index contributed by atoms with van der Waals surface area (Å²) in [6.07, 6.45) is 12.4. The van der Waals surface area contributed by atoms with Crippen LogP contribution in [0.3, 0.4) is 0 Å². The molecule has 1 saturated carbocycles. The molecule has 0 spiro atoms. The summed E-state index contributed by atoms with van der Waals surface area (Å²) in [6, 6.07) is 4.16. The Balaban J connectivity index is 1.34. The van der Waals surface area contributed by atoms with Crippen LogP contribution in [0, 0.1) is 5.92 Å². The number of esters is 1. The highest BCUT2D eigenvalue weighted by atomic mass is 16.6. The molecule has 1 aromatic heterocycles. The fourth-order valence-corrected chi connectivity index (χ4v) is 5.54. The Bertz CT molecular complexity index is 1090. The zero-order chi connectivity index (χ0) is 23.7. The lowest BCUT2D eigenvalue weighted by Gasteiger charge is -2.41. The van der Waals surface area contributed by atoms with Gasteiger partial charge in [0.05, 0.1) is 5.57 Å². The second-order valence-corrected chi connectivity index (χ2v) is 9.82. The SMILES string of the molecule is CCc1ccnc(CCC2(C3CCCC3)CC(O)=C(CC3=NC4N=CC(C)=CN4N3)C(=O)O2)c1. The molecule has 0 amide bonds. The molecular formula is C26H33N5O3. The number of fused-ring (bicyclic) bond motifs is 1. The number of nitrogens with one attached hydrogen (secondary N) is 1. The Hall–Kier alpha value is -3.16. The van der Waals surface area contributed by atoms with Gasteiger partial charge < -0.3 is 9.84 Å². The van der Waals surface area contributed by atoms with Gasteiger partial charge in [-0.2, -0.15) is 0 Å². The molecule has 0 bridgehead atoms. The van der Waals surface area contributed by atoms with Crippen LogP contribution in [-0.4, -0.2) is 45.0 Å². The first kappa shape index (κ1) is 22.6. The van der Waals surface area contributed by atoms with Crippen LogP contribution in [0.15, 0.2) is 51.4 Å². The number of aliphatic imine (C=N–C) groups is 2. The Kier molecular flexibility index (Phi) is 6.15.